The van der Waals surface area contributed by atoms with Crippen molar-refractivity contribution in [1.29, 1.82) is 0 Å². The van der Waals surface area contributed by atoms with Crippen LogP contribution in [0.2, 0.25) is 5.02 Å². The van der Waals surface area contributed by atoms with E-state index in [9.17, 15) is 18.0 Å². The maximum atomic E-state index is 12.7. The fourth-order valence-electron chi connectivity index (χ4n) is 1.16. The number of halogens is 7. The van der Waals surface area contributed by atoms with E-state index in [1.54, 1.807) is 0 Å². The number of nitrogens with one attached hydrogen (secondary N) is 1. The number of hydrogen-bond donors (Lipinski definition) is 1. The Morgan fingerprint density at radius 3 is 2.35 bits per heavy atom. The summed E-state index contributed by atoms with van der Waals surface area (Å²) in [5.41, 5.74) is -1.63. The first-order valence-corrected chi connectivity index (χ1v) is 6.37. The lowest BCUT2D eigenvalue weighted by molar-refractivity contribution is -0.136. The van der Waals surface area contributed by atoms with E-state index in [0.29, 0.717) is 0 Å². The third kappa shape index (κ3) is 5.83. The number of carbonyl (C=O) groups excluding carboxylic acids is 1. The minimum atomic E-state index is -4.66. The third-order valence-electron chi connectivity index (χ3n) is 1.89. The normalized spacial score (nSPS) is 12.2. The molecule has 3 nitrogen and oxygen atoms in total. The number of alkyl halides is 6. The van der Waals surface area contributed by atoms with Gasteiger partial charge < -0.3 is 4.74 Å². The van der Waals surface area contributed by atoms with Gasteiger partial charge in [0.25, 0.3) is 0 Å². The largest absolute Gasteiger partial charge is 0.445 e. The molecule has 0 radical (unpaired) electrons. The van der Waals surface area contributed by atoms with Crippen LogP contribution in [0.4, 0.5) is 23.7 Å². The first-order chi connectivity index (χ1) is 8.99. The molecule has 112 valence electrons. The second-order valence-corrected chi connectivity index (χ2v) is 6.46. The molecule has 0 aliphatic heterocycles. The number of ether oxygens (including phenoxy) is 1. The molecule has 0 bridgehead atoms. The standard InChI is InChI=1S/C10H6Cl4F3NO2/c11-5-1-2-6(10(15,16)17)7(3-5)18-8(19)20-4-9(12,13)14/h1-3H,4H2,(H,18,19). The first-order valence-electron chi connectivity index (χ1n) is 4.86. The molecule has 0 aromatic heterocycles. The van der Waals surface area contributed by atoms with E-state index < -0.39 is 33.9 Å². The number of hydrogen-bond acceptors (Lipinski definition) is 2. The van der Waals surface area contributed by atoms with Crippen LogP contribution in [0.5, 0.6) is 0 Å². The molecule has 1 aromatic rings. The quantitative estimate of drug-likeness (QED) is 0.719. The van der Waals surface area contributed by atoms with Gasteiger partial charge in [0.2, 0.25) is 3.79 Å². The van der Waals surface area contributed by atoms with Crippen LogP contribution in [0, 0.1) is 0 Å². The fraction of sp³-hybridized carbons (Fsp3) is 0.300. The number of carbonyl (C=O) groups is 1. The zero-order valence-corrected chi connectivity index (χ0v) is 12.4. The smallest absolute Gasteiger partial charge is 0.418 e. The van der Waals surface area contributed by atoms with Crippen LogP contribution in [-0.4, -0.2) is 16.5 Å². The lowest BCUT2D eigenvalue weighted by Gasteiger charge is -2.15. The van der Waals surface area contributed by atoms with Crippen LogP contribution in [-0.2, 0) is 10.9 Å². The summed E-state index contributed by atoms with van der Waals surface area (Å²) in [7, 11) is 0. The Balaban J connectivity index is 2.86. The minimum absolute atomic E-state index is 0.00896. The number of amides is 1. The molecule has 1 N–H and O–H groups in total. The predicted molar refractivity (Wildman–Crippen MR) is 71.7 cm³/mol. The van der Waals surface area contributed by atoms with Gasteiger partial charge in [-0.2, -0.15) is 13.2 Å². The Bertz CT molecular complexity index is 502. The molecular formula is C10H6Cl4F3NO2. The molecule has 20 heavy (non-hydrogen) atoms. The molecule has 0 aliphatic carbocycles. The van der Waals surface area contributed by atoms with E-state index in [0.717, 1.165) is 18.2 Å². The SMILES string of the molecule is O=C(Nc1cc(Cl)ccc1C(F)(F)F)OCC(Cl)(Cl)Cl. The Kier molecular flexibility index (Phi) is 5.66. The van der Waals surface area contributed by atoms with Crippen LogP contribution in [0.15, 0.2) is 18.2 Å². The minimum Gasteiger partial charge on any atom is -0.445 e. The molecule has 1 aromatic carbocycles. The lowest BCUT2D eigenvalue weighted by atomic mass is 10.1. The third-order valence-corrected chi connectivity index (χ3v) is 2.45. The highest BCUT2D eigenvalue weighted by atomic mass is 35.6. The van der Waals surface area contributed by atoms with Gasteiger partial charge >= 0.3 is 12.3 Å². The molecule has 0 saturated carbocycles. The topological polar surface area (TPSA) is 38.3 Å². The molecule has 0 heterocycles. The Hall–Kier alpha value is -0.560. The van der Waals surface area contributed by atoms with Crippen LogP contribution >= 0.6 is 46.4 Å². The van der Waals surface area contributed by atoms with Crippen molar-refractivity contribution in [1.82, 2.24) is 0 Å². The zero-order chi connectivity index (χ0) is 15.6. The molecular weight excluding hydrogens is 365 g/mol. The van der Waals surface area contributed by atoms with E-state index in [2.05, 4.69) is 4.74 Å². The Morgan fingerprint density at radius 2 is 1.85 bits per heavy atom. The Morgan fingerprint density at radius 1 is 1.25 bits per heavy atom. The zero-order valence-electron chi connectivity index (χ0n) is 9.40. The van der Waals surface area contributed by atoms with Crippen molar-refractivity contribution >= 4 is 58.2 Å². The lowest BCUT2D eigenvalue weighted by Crippen LogP contribution is -2.22. The maximum Gasteiger partial charge on any atom is 0.418 e. The van der Waals surface area contributed by atoms with E-state index in [1.807, 2.05) is 5.32 Å². The van der Waals surface area contributed by atoms with Gasteiger partial charge in [0.15, 0.2) is 0 Å². The summed E-state index contributed by atoms with van der Waals surface area (Å²) in [5, 5.41) is 1.90. The van der Waals surface area contributed by atoms with Crippen molar-refractivity contribution in [3.05, 3.63) is 28.8 Å². The van der Waals surface area contributed by atoms with Gasteiger partial charge in [-0.1, -0.05) is 46.4 Å². The van der Waals surface area contributed by atoms with E-state index in [-0.39, 0.29) is 5.02 Å². The van der Waals surface area contributed by atoms with Gasteiger partial charge in [0, 0.05) is 5.02 Å². The molecule has 0 spiro atoms. The second kappa shape index (κ2) is 6.47. The molecule has 0 atom stereocenters. The molecule has 1 amide bonds. The van der Waals surface area contributed by atoms with Crippen LogP contribution in [0.3, 0.4) is 0 Å². The van der Waals surface area contributed by atoms with Gasteiger partial charge in [0.05, 0.1) is 11.3 Å². The van der Waals surface area contributed by atoms with Crippen molar-refractivity contribution in [2.45, 2.75) is 9.97 Å². The molecule has 0 aliphatic rings. The molecule has 1 rings (SSSR count). The summed E-state index contributed by atoms with van der Waals surface area (Å²) in [6, 6.07) is 2.70. The highest BCUT2D eigenvalue weighted by Gasteiger charge is 2.34. The summed E-state index contributed by atoms with van der Waals surface area (Å²) in [5.74, 6) is 0. The van der Waals surface area contributed by atoms with Gasteiger partial charge in [-0.15, -0.1) is 0 Å². The number of anilines is 1. The van der Waals surface area contributed by atoms with Crippen LogP contribution < -0.4 is 5.32 Å². The maximum absolute atomic E-state index is 12.7. The molecule has 0 unspecified atom stereocenters. The fourth-order valence-corrected chi connectivity index (χ4v) is 1.50. The molecule has 10 heteroatoms. The van der Waals surface area contributed by atoms with Crippen molar-refractivity contribution in [3.8, 4) is 0 Å². The van der Waals surface area contributed by atoms with Crippen LogP contribution in [0.1, 0.15) is 5.56 Å². The van der Waals surface area contributed by atoms with Gasteiger partial charge in [-0.25, -0.2) is 4.79 Å². The summed E-state index contributed by atoms with van der Waals surface area (Å²) in [4.78, 5) is 11.3. The predicted octanol–water partition coefficient (Wildman–Crippen LogP) is 5.28. The monoisotopic (exact) mass is 369 g/mol. The highest BCUT2D eigenvalue weighted by molar-refractivity contribution is 6.67. The molecule has 0 saturated heterocycles. The van der Waals surface area contributed by atoms with Crippen molar-refractivity contribution < 1.29 is 22.7 Å². The molecule has 0 fully saturated rings. The van der Waals surface area contributed by atoms with Gasteiger partial charge in [-0.3, -0.25) is 5.32 Å². The Labute approximate surface area is 131 Å². The van der Waals surface area contributed by atoms with Crippen LogP contribution in [0.25, 0.3) is 0 Å². The van der Waals surface area contributed by atoms with E-state index in [1.165, 1.54) is 0 Å². The van der Waals surface area contributed by atoms with E-state index in [4.69, 9.17) is 46.4 Å². The summed E-state index contributed by atoms with van der Waals surface area (Å²) in [6.07, 6.45) is -5.87. The average Bonchev–Trinajstić information content (AvgIpc) is 2.23. The first kappa shape index (κ1) is 17.5. The second-order valence-electron chi connectivity index (χ2n) is 3.50. The highest BCUT2D eigenvalue weighted by Crippen LogP contribution is 2.36. The summed E-state index contributed by atoms with van der Waals surface area (Å²) < 4.78 is 40.7. The summed E-state index contributed by atoms with van der Waals surface area (Å²) in [6.45, 7) is -0.620. The van der Waals surface area contributed by atoms with Gasteiger partial charge in [0.1, 0.15) is 6.61 Å². The van der Waals surface area contributed by atoms with Crippen molar-refractivity contribution in [2.24, 2.45) is 0 Å². The average molecular weight is 371 g/mol. The van der Waals surface area contributed by atoms with Crippen molar-refractivity contribution in [3.63, 3.8) is 0 Å². The number of benzene rings is 1. The number of rotatable bonds is 2. The van der Waals surface area contributed by atoms with Gasteiger partial charge in [-0.05, 0) is 18.2 Å². The summed E-state index contributed by atoms with van der Waals surface area (Å²) >= 11 is 21.6. The van der Waals surface area contributed by atoms with E-state index >= 15 is 0 Å². The van der Waals surface area contributed by atoms with Crippen molar-refractivity contribution in [2.75, 3.05) is 11.9 Å².